The van der Waals surface area contributed by atoms with E-state index in [4.69, 9.17) is 4.74 Å². The lowest BCUT2D eigenvalue weighted by atomic mass is 9.70. The fraction of sp³-hybridized carbons (Fsp3) is 0.929. The van der Waals surface area contributed by atoms with Gasteiger partial charge in [0.15, 0.2) is 0 Å². The number of hydrogen-bond acceptors (Lipinski definition) is 4. The van der Waals surface area contributed by atoms with E-state index in [-0.39, 0.29) is 16.9 Å². The first kappa shape index (κ1) is 14.2. The van der Waals surface area contributed by atoms with Crippen molar-refractivity contribution in [3.8, 4) is 0 Å². The quantitative estimate of drug-likeness (QED) is 0.784. The molecule has 1 saturated carbocycles. The summed E-state index contributed by atoms with van der Waals surface area (Å²) in [5, 5.41) is 3.57. The van der Waals surface area contributed by atoms with Crippen molar-refractivity contribution in [3.63, 3.8) is 0 Å². The number of hydrogen-bond donors (Lipinski definition) is 1. The summed E-state index contributed by atoms with van der Waals surface area (Å²) in [5.74, 6) is 1.48. The molecule has 1 aliphatic carbocycles. The van der Waals surface area contributed by atoms with Crippen LogP contribution in [0.15, 0.2) is 0 Å². The van der Waals surface area contributed by atoms with Gasteiger partial charge in [0, 0.05) is 5.75 Å². The highest BCUT2D eigenvalue weighted by molar-refractivity contribution is 8.01. The normalized spacial score (nSPS) is 38.9. The lowest BCUT2D eigenvalue weighted by Crippen LogP contribution is -2.51. The molecule has 1 spiro atoms. The SMILES string of the molecule is CCOC(=O)[C@H]1CS[C@@]2(C[C@H](C)CC(C)(C)C2)N1. The lowest BCUT2D eigenvalue weighted by Gasteiger charge is -2.45. The molecule has 1 N–H and O–H groups in total. The highest BCUT2D eigenvalue weighted by atomic mass is 32.2. The molecule has 1 heterocycles. The molecule has 104 valence electrons. The Kier molecular flexibility index (Phi) is 3.98. The maximum Gasteiger partial charge on any atom is 0.324 e. The minimum Gasteiger partial charge on any atom is -0.465 e. The Morgan fingerprint density at radius 2 is 2.17 bits per heavy atom. The molecule has 0 aromatic heterocycles. The summed E-state index contributed by atoms with van der Waals surface area (Å²) >= 11 is 1.92. The summed E-state index contributed by atoms with van der Waals surface area (Å²) in [6, 6.07) is -0.115. The Bertz CT molecular complexity index is 332. The van der Waals surface area contributed by atoms with Crippen LogP contribution in [0.5, 0.6) is 0 Å². The number of carbonyl (C=O) groups excluding carboxylic acids is 1. The van der Waals surface area contributed by atoms with E-state index >= 15 is 0 Å². The van der Waals surface area contributed by atoms with E-state index in [1.165, 1.54) is 6.42 Å². The third-order valence-electron chi connectivity index (χ3n) is 3.88. The number of esters is 1. The summed E-state index contributed by atoms with van der Waals surface area (Å²) in [7, 11) is 0. The van der Waals surface area contributed by atoms with Gasteiger partial charge < -0.3 is 4.74 Å². The van der Waals surface area contributed by atoms with E-state index < -0.39 is 0 Å². The molecule has 3 nitrogen and oxygen atoms in total. The molecule has 0 bridgehead atoms. The van der Waals surface area contributed by atoms with Crippen LogP contribution >= 0.6 is 11.8 Å². The van der Waals surface area contributed by atoms with Crippen LogP contribution in [0.3, 0.4) is 0 Å². The zero-order chi connectivity index (χ0) is 13.4. The van der Waals surface area contributed by atoms with Gasteiger partial charge in [-0.15, -0.1) is 11.8 Å². The fourth-order valence-corrected chi connectivity index (χ4v) is 5.56. The average molecular weight is 271 g/mol. The molecule has 0 aromatic carbocycles. The number of ether oxygens (including phenoxy) is 1. The van der Waals surface area contributed by atoms with Gasteiger partial charge in [0.2, 0.25) is 0 Å². The monoisotopic (exact) mass is 271 g/mol. The van der Waals surface area contributed by atoms with Gasteiger partial charge in [-0.3, -0.25) is 10.1 Å². The maximum absolute atomic E-state index is 11.8. The van der Waals surface area contributed by atoms with E-state index in [0.717, 1.165) is 24.5 Å². The largest absolute Gasteiger partial charge is 0.465 e. The molecule has 1 saturated heterocycles. The van der Waals surface area contributed by atoms with Crippen LogP contribution in [0.25, 0.3) is 0 Å². The Morgan fingerprint density at radius 3 is 2.78 bits per heavy atom. The molecule has 0 unspecified atom stereocenters. The van der Waals surface area contributed by atoms with Crippen molar-refractivity contribution in [3.05, 3.63) is 0 Å². The second-order valence-corrected chi connectivity index (χ2v) is 8.01. The predicted octanol–water partition coefficient (Wildman–Crippen LogP) is 2.80. The van der Waals surface area contributed by atoms with Crippen LogP contribution < -0.4 is 5.32 Å². The van der Waals surface area contributed by atoms with Gasteiger partial charge in [0.05, 0.1) is 11.5 Å². The van der Waals surface area contributed by atoms with Gasteiger partial charge in [0.25, 0.3) is 0 Å². The van der Waals surface area contributed by atoms with E-state index in [2.05, 4.69) is 26.1 Å². The minimum atomic E-state index is -0.115. The lowest BCUT2D eigenvalue weighted by molar-refractivity contribution is -0.145. The highest BCUT2D eigenvalue weighted by Crippen LogP contribution is 2.51. The van der Waals surface area contributed by atoms with Gasteiger partial charge in [0.1, 0.15) is 6.04 Å². The van der Waals surface area contributed by atoms with Gasteiger partial charge in [-0.05, 0) is 37.5 Å². The van der Waals surface area contributed by atoms with Crippen molar-refractivity contribution in [2.75, 3.05) is 12.4 Å². The molecule has 4 heteroatoms. The minimum absolute atomic E-state index is 0.0853. The first-order chi connectivity index (χ1) is 8.36. The average Bonchev–Trinajstić information content (AvgIpc) is 2.58. The molecule has 0 radical (unpaired) electrons. The van der Waals surface area contributed by atoms with Crippen LogP contribution in [0, 0.1) is 11.3 Å². The van der Waals surface area contributed by atoms with Gasteiger partial charge in [-0.25, -0.2) is 0 Å². The molecule has 0 amide bonds. The van der Waals surface area contributed by atoms with Crippen molar-refractivity contribution >= 4 is 17.7 Å². The van der Waals surface area contributed by atoms with Crippen molar-refractivity contribution in [1.82, 2.24) is 5.32 Å². The number of nitrogens with one attached hydrogen (secondary N) is 1. The van der Waals surface area contributed by atoms with E-state index in [9.17, 15) is 4.79 Å². The molecule has 18 heavy (non-hydrogen) atoms. The zero-order valence-electron chi connectivity index (χ0n) is 11.9. The van der Waals surface area contributed by atoms with E-state index in [1.54, 1.807) is 0 Å². The summed E-state index contributed by atoms with van der Waals surface area (Å²) in [5.41, 5.74) is 0.362. The first-order valence-electron chi connectivity index (χ1n) is 6.94. The molecular weight excluding hydrogens is 246 g/mol. The van der Waals surface area contributed by atoms with Crippen molar-refractivity contribution in [2.24, 2.45) is 11.3 Å². The van der Waals surface area contributed by atoms with Crippen molar-refractivity contribution in [1.29, 1.82) is 0 Å². The zero-order valence-corrected chi connectivity index (χ0v) is 12.7. The fourth-order valence-electron chi connectivity index (χ4n) is 3.73. The number of rotatable bonds is 2. The van der Waals surface area contributed by atoms with Crippen LogP contribution in [0.1, 0.15) is 47.0 Å². The third kappa shape index (κ3) is 3.02. The molecular formula is C14H25NO2S. The van der Waals surface area contributed by atoms with Crippen LogP contribution in [-0.2, 0) is 9.53 Å². The molecule has 2 aliphatic rings. The Morgan fingerprint density at radius 1 is 1.44 bits per heavy atom. The summed E-state index contributed by atoms with van der Waals surface area (Å²) in [6.45, 7) is 9.33. The predicted molar refractivity (Wildman–Crippen MR) is 75.5 cm³/mol. The highest BCUT2D eigenvalue weighted by Gasteiger charge is 2.49. The second kappa shape index (κ2) is 5.04. The smallest absolute Gasteiger partial charge is 0.324 e. The van der Waals surface area contributed by atoms with Crippen molar-refractivity contribution < 1.29 is 9.53 Å². The Balaban J connectivity index is 2.03. The van der Waals surface area contributed by atoms with E-state index in [1.807, 2.05) is 18.7 Å². The van der Waals surface area contributed by atoms with E-state index in [0.29, 0.717) is 12.0 Å². The molecule has 1 aliphatic heterocycles. The van der Waals surface area contributed by atoms with Crippen LogP contribution in [0.4, 0.5) is 0 Å². The summed E-state index contributed by atoms with van der Waals surface area (Å²) < 4.78 is 5.12. The van der Waals surface area contributed by atoms with Crippen LogP contribution in [-0.4, -0.2) is 29.2 Å². The van der Waals surface area contributed by atoms with Gasteiger partial charge in [-0.2, -0.15) is 0 Å². The molecule has 0 aromatic rings. The Hall–Kier alpha value is -0.220. The van der Waals surface area contributed by atoms with Crippen molar-refractivity contribution in [2.45, 2.75) is 57.9 Å². The van der Waals surface area contributed by atoms with Gasteiger partial charge >= 0.3 is 5.97 Å². The topological polar surface area (TPSA) is 38.3 Å². The molecule has 2 fully saturated rings. The molecule has 3 atom stereocenters. The maximum atomic E-state index is 11.8. The Labute approximate surface area is 114 Å². The second-order valence-electron chi connectivity index (χ2n) is 6.61. The number of thioether (sulfide) groups is 1. The standard InChI is InChI=1S/C14H25NO2S/c1-5-17-12(16)11-8-18-14(15-11)7-10(2)6-13(3,4)9-14/h10-11,15H,5-9H2,1-4H3/t10-,11-,14-/m1/s1. The molecule has 2 rings (SSSR count). The first-order valence-corrected chi connectivity index (χ1v) is 7.93. The summed E-state index contributed by atoms with van der Waals surface area (Å²) in [6.07, 6.45) is 3.59. The van der Waals surface area contributed by atoms with Gasteiger partial charge in [-0.1, -0.05) is 20.8 Å². The third-order valence-corrected chi connectivity index (χ3v) is 5.36. The summed E-state index contributed by atoms with van der Waals surface area (Å²) in [4.78, 5) is 11.9. The van der Waals surface area contributed by atoms with Crippen LogP contribution in [0.2, 0.25) is 0 Å². The number of carbonyl (C=O) groups is 1.